The van der Waals surface area contributed by atoms with Gasteiger partial charge in [-0.2, -0.15) is 0 Å². The Labute approximate surface area is 100 Å². The summed E-state index contributed by atoms with van der Waals surface area (Å²) in [6.45, 7) is 7.35. The molecular formula is C14H27NO. The van der Waals surface area contributed by atoms with Gasteiger partial charge < -0.3 is 5.32 Å². The summed E-state index contributed by atoms with van der Waals surface area (Å²) in [6, 6.07) is 0.488. The van der Waals surface area contributed by atoms with Crippen molar-refractivity contribution in [1.82, 2.24) is 5.32 Å². The van der Waals surface area contributed by atoms with Crippen molar-refractivity contribution in [2.24, 2.45) is 11.8 Å². The second kappa shape index (κ2) is 7.05. The third-order valence-corrected chi connectivity index (χ3v) is 3.74. The first-order valence-corrected chi connectivity index (χ1v) is 6.89. The molecule has 1 saturated carbocycles. The molecule has 0 aromatic carbocycles. The lowest BCUT2D eigenvalue weighted by Crippen LogP contribution is -2.29. The lowest BCUT2D eigenvalue weighted by Gasteiger charge is -2.27. The Hall–Kier alpha value is -0.370. The predicted octanol–water partition coefficient (Wildman–Crippen LogP) is 3.16. The number of Topliss-reactive ketones (excluding diaryl/α,β-unsaturated/α-hetero) is 1. The van der Waals surface area contributed by atoms with Crippen LogP contribution in [0.4, 0.5) is 0 Å². The Kier molecular flexibility index (Phi) is 6.04. The zero-order valence-electron chi connectivity index (χ0n) is 11.1. The van der Waals surface area contributed by atoms with Gasteiger partial charge in [-0.1, -0.05) is 40.0 Å². The van der Waals surface area contributed by atoms with E-state index in [1.807, 2.05) is 0 Å². The molecule has 2 nitrogen and oxygen atoms in total. The van der Waals surface area contributed by atoms with Gasteiger partial charge >= 0.3 is 0 Å². The molecule has 0 bridgehead atoms. The minimum atomic E-state index is 0.368. The maximum Gasteiger partial charge on any atom is 0.137 e. The standard InChI is InChI=1S/C14H27NO/c1-4-12-6-5-7-13(10-12)14(16)8-9-15-11(2)3/h11-13,15H,4-10H2,1-3H3. The maximum atomic E-state index is 12.0. The summed E-state index contributed by atoms with van der Waals surface area (Å²) >= 11 is 0. The molecule has 16 heavy (non-hydrogen) atoms. The molecule has 0 aromatic rings. The highest BCUT2D eigenvalue weighted by Gasteiger charge is 2.25. The number of rotatable bonds is 6. The minimum absolute atomic E-state index is 0.368. The fourth-order valence-electron chi connectivity index (χ4n) is 2.64. The molecule has 0 radical (unpaired) electrons. The van der Waals surface area contributed by atoms with E-state index in [4.69, 9.17) is 0 Å². The van der Waals surface area contributed by atoms with Crippen molar-refractivity contribution >= 4 is 5.78 Å². The summed E-state index contributed by atoms with van der Waals surface area (Å²) in [7, 11) is 0. The Morgan fingerprint density at radius 2 is 2.12 bits per heavy atom. The first-order chi connectivity index (χ1) is 7.63. The van der Waals surface area contributed by atoms with E-state index < -0.39 is 0 Å². The quantitative estimate of drug-likeness (QED) is 0.752. The van der Waals surface area contributed by atoms with Gasteiger partial charge in [-0.15, -0.1) is 0 Å². The minimum Gasteiger partial charge on any atom is -0.314 e. The van der Waals surface area contributed by atoms with Crippen molar-refractivity contribution in [3.63, 3.8) is 0 Å². The van der Waals surface area contributed by atoms with Crippen LogP contribution in [0.3, 0.4) is 0 Å². The molecule has 0 amide bonds. The highest BCUT2D eigenvalue weighted by molar-refractivity contribution is 5.81. The number of carbonyl (C=O) groups is 1. The average molecular weight is 225 g/mol. The van der Waals surface area contributed by atoms with Crippen molar-refractivity contribution in [2.75, 3.05) is 6.54 Å². The van der Waals surface area contributed by atoms with Crippen molar-refractivity contribution < 1.29 is 4.79 Å². The highest BCUT2D eigenvalue weighted by Crippen LogP contribution is 2.31. The van der Waals surface area contributed by atoms with Crippen LogP contribution in [-0.2, 0) is 4.79 Å². The van der Waals surface area contributed by atoms with Crippen LogP contribution < -0.4 is 5.32 Å². The van der Waals surface area contributed by atoms with E-state index in [9.17, 15) is 4.79 Å². The Morgan fingerprint density at radius 1 is 1.38 bits per heavy atom. The van der Waals surface area contributed by atoms with Gasteiger partial charge in [0.05, 0.1) is 0 Å². The summed E-state index contributed by atoms with van der Waals surface area (Å²) in [6.07, 6.45) is 6.85. The molecule has 94 valence electrons. The Morgan fingerprint density at radius 3 is 2.75 bits per heavy atom. The third kappa shape index (κ3) is 4.65. The summed E-state index contributed by atoms with van der Waals surface area (Å²) in [5.41, 5.74) is 0. The fraction of sp³-hybridized carbons (Fsp3) is 0.929. The van der Waals surface area contributed by atoms with Crippen LogP contribution in [0.5, 0.6) is 0 Å². The van der Waals surface area contributed by atoms with Gasteiger partial charge in [-0.25, -0.2) is 0 Å². The number of hydrogen-bond donors (Lipinski definition) is 1. The second-order valence-electron chi connectivity index (χ2n) is 5.46. The number of nitrogens with one attached hydrogen (secondary N) is 1. The molecule has 2 heteroatoms. The first-order valence-electron chi connectivity index (χ1n) is 6.89. The summed E-state index contributed by atoms with van der Waals surface area (Å²) in [4.78, 5) is 12.0. The van der Waals surface area contributed by atoms with Crippen LogP contribution in [0.15, 0.2) is 0 Å². The first kappa shape index (κ1) is 13.7. The van der Waals surface area contributed by atoms with Crippen molar-refractivity contribution in [1.29, 1.82) is 0 Å². The molecular weight excluding hydrogens is 198 g/mol. The van der Waals surface area contributed by atoms with Crippen LogP contribution in [0, 0.1) is 11.8 Å². The summed E-state index contributed by atoms with van der Waals surface area (Å²) in [5, 5.41) is 3.32. The molecule has 0 aromatic heterocycles. The Bertz CT molecular complexity index is 213. The molecule has 2 atom stereocenters. The highest BCUT2D eigenvalue weighted by atomic mass is 16.1. The molecule has 2 unspecified atom stereocenters. The topological polar surface area (TPSA) is 29.1 Å². The fourth-order valence-corrected chi connectivity index (χ4v) is 2.64. The van der Waals surface area contributed by atoms with Crippen molar-refractivity contribution in [3.05, 3.63) is 0 Å². The summed E-state index contributed by atoms with van der Waals surface area (Å²) < 4.78 is 0. The smallest absolute Gasteiger partial charge is 0.137 e. The molecule has 1 aliphatic rings. The molecule has 1 aliphatic carbocycles. The largest absolute Gasteiger partial charge is 0.314 e. The SMILES string of the molecule is CCC1CCCC(C(=O)CCNC(C)C)C1. The van der Waals surface area contributed by atoms with E-state index in [-0.39, 0.29) is 0 Å². The Balaban J connectivity index is 2.24. The predicted molar refractivity (Wildman–Crippen MR) is 68.5 cm³/mol. The number of ketones is 1. The van der Waals surface area contributed by atoms with Crippen molar-refractivity contribution in [3.8, 4) is 0 Å². The van der Waals surface area contributed by atoms with Crippen LogP contribution in [0.2, 0.25) is 0 Å². The molecule has 0 heterocycles. The van der Waals surface area contributed by atoms with Gasteiger partial charge in [0, 0.05) is 24.9 Å². The van der Waals surface area contributed by atoms with Gasteiger partial charge in [-0.05, 0) is 18.8 Å². The van der Waals surface area contributed by atoms with Crippen LogP contribution in [-0.4, -0.2) is 18.4 Å². The molecule has 1 rings (SSSR count). The van der Waals surface area contributed by atoms with Gasteiger partial charge in [0.25, 0.3) is 0 Å². The lowest BCUT2D eigenvalue weighted by atomic mass is 9.78. The van der Waals surface area contributed by atoms with E-state index in [2.05, 4.69) is 26.1 Å². The van der Waals surface area contributed by atoms with Crippen LogP contribution in [0.1, 0.15) is 59.3 Å². The molecule has 0 spiro atoms. The van der Waals surface area contributed by atoms with Gasteiger partial charge in [-0.3, -0.25) is 4.79 Å². The second-order valence-corrected chi connectivity index (χ2v) is 5.46. The number of hydrogen-bond acceptors (Lipinski definition) is 2. The van der Waals surface area contributed by atoms with E-state index in [0.29, 0.717) is 17.7 Å². The molecule has 1 fully saturated rings. The summed E-state index contributed by atoms with van der Waals surface area (Å²) in [5.74, 6) is 1.67. The zero-order valence-corrected chi connectivity index (χ0v) is 11.1. The van der Waals surface area contributed by atoms with Gasteiger partial charge in [0.2, 0.25) is 0 Å². The van der Waals surface area contributed by atoms with E-state index in [1.165, 1.54) is 19.3 Å². The van der Waals surface area contributed by atoms with Crippen molar-refractivity contribution in [2.45, 2.75) is 65.3 Å². The van der Waals surface area contributed by atoms with Crippen LogP contribution in [0.25, 0.3) is 0 Å². The average Bonchev–Trinajstić information content (AvgIpc) is 2.28. The monoisotopic (exact) mass is 225 g/mol. The van der Waals surface area contributed by atoms with Gasteiger partial charge in [0.1, 0.15) is 5.78 Å². The third-order valence-electron chi connectivity index (χ3n) is 3.74. The zero-order chi connectivity index (χ0) is 12.0. The molecule has 0 aliphatic heterocycles. The lowest BCUT2D eigenvalue weighted by molar-refractivity contribution is -0.124. The maximum absolute atomic E-state index is 12.0. The van der Waals surface area contributed by atoms with Gasteiger partial charge in [0.15, 0.2) is 0 Å². The number of carbonyl (C=O) groups excluding carboxylic acids is 1. The molecule has 0 saturated heterocycles. The van der Waals surface area contributed by atoms with Crippen LogP contribution >= 0.6 is 0 Å². The van der Waals surface area contributed by atoms with E-state index in [1.54, 1.807) is 0 Å². The van der Waals surface area contributed by atoms with E-state index in [0.717, 1.165) is 31.7 Å². The normalized spacial score (nSPS) is 26.0. The van der Waals surface area contributed by atoms with E-state index >= 15 is 0 Å². The molecule has 1 N–H and O–H groups in total.